The highest BCUT2D eigenvalue weighted by molar-refractivity contribution is 5.88. The molecule has 0 radical (unpaired) electrons. The quantitative estimate of drug-likeness (QED) is 0.678. The molecule has 0 spiro atoms. The highest BCUT2D eigenvalue weighted by Gasteiger charge is 2.18. The van der Waals surface area contributed by atoms with Crippen LogP contribution < -0.4 is 5.56 Å². The van der Waals surface area contributed by atoms with Crippen LogP contribution in [0.1, 0.15) is 17.3 Å². The first kappa shape index (κ1) is 13.0. The predicted molar refractivity (Wildman–Crippen MR) is 72.9 cm³/mol. The smallest absolute Gasteiger partial charge is 0.345 e. The molecule has 3 rings (SSSR count). The van der Waals surface area contributed by atoms with E-state index < -0.39 is 11.5 Å². The SMILES string of the molecule is CCOC(=O)c1cnc2oc(-c3ccccc3)nn2c1=O. The Kier molecular flexibility index (Phi) is 3.23. The first-order chi connectivity index (χ1) is 10.2. The zero-order chi connectivity index (χ0) is 14.8. The molecule has 0 unspecified atom stereocenters. The molecule has 0 bridgehead atoms. The van der Waals surface area contributed by atoms with Crippen LogP contribution >= 0.6 is 0 Å². The number of hydrogen-bond acceptors (Lipinski definition) is 6. The van der Waals surface area contributed by atoms with Crippen molar-refractivity contribution in [2.75, 3.05) is 6.61 Å². The van der Waals surface area contributed by atoms with Crippen molar-refractivity contribution in [3.8, 4) is 11.5 Å². The third kappa shape index (κ3) is 2.29. The van der Waals surface area contributed by atoms with E-state index in [4.69, 9.17) is 9.15 Å². The molecule has 0 fully saturated rings. The summed E-state index contributed by atoms with van der Waals surface area (Å²) < 4.78 is 11.2. The number of benzene rings is 1. The molecule has 0 aliphatic rings. The van der Waals surface area contributed by atoms with E-state index in [1.54, 1.807) is 19.1 Å². The van der Waals surface area contributed by atoms with Crippen LogP contribution in [0.5, 0.6) is 0 Å². The van der Waals surface area contributed by atoms with E-state index in [-0.39, 0.29) is 23.9 Å². The predicted octanol–water partition coefficient (Wildman–Crippen LogP) is 1.53. The maximum absolute atomic E-state index is 12.2. The maximum Gasteiger partial charge on any atom is 0.345 e. The summed E-state index contributed by atoms with van der Waals surface area (Å²) in [4.78, 5) is 27.8. The first-order valence-electron chi connectivity index (χ1n) is 6.32. The summed E-state index contributed by atoms with van der Waals surface area (Å²) in [6.07, 6.45) is 1.13. The van der Waals surface area contributed by atoms with E-state index in [1.807, 2.05) is 18.2 Å². The van der Waals surface area contributed by atoms with E-state index in [0.717, 1.165) is 10.7 Å². The van der Waals surface area contributed by atoms with Gasteiger partial charge in [-0.15, -0.1) is 9.61 Å². The number of ether oxygens (including phenoxy) is 1. The Labute approximate surface area is 118 Å². The molecular formula is C14H11N3O4. The molecule has 0 saturated carbocycles. The average molecular weight is 285 g/mol. The van der Waals surface area contributed by atoms with Gasteiger partial charge in [0.15, 0.2) is 0 Å². The summed E-state index contributed by atoms with van der Waals surface area (Å²) in [5, 5.41) is 4.05. The van der Waals surface area contributed by atoms with E-state index in [1.165, 1.54) is 0 Å². The van der Waals surface area contributed by atoms with Crippen molar-refractivity contribution in [2.45, 2.75) is 6.92 Å². The molecule has 7 nitrogen and oxygen atoms in total. The fourth-order valence-corrected chi connectivity index (χ4v) is 1.83. The molecule has 0 aliphatic heterocycles. The minimum atomic E-state index is -0.728. The number of esters is 1. The van der Waals surface area contributed by atoms with Crippen molar-refractivity contribution in [3.05, 3.63) is 52.4 Å². The van der Waals surface area contributed by atoms with Gasteiger partial charge in [-0.1, -0.05) is 18.2 Å². The second-order valence-electron chi connectivity index (χ2n) is 4.17. The molecule has 2 heterocycles. The van der Waals surface area contributed by atoms with Gasteiger partial charge in [0.2, 0.25) is 5.89 Å². The summed E-state index contributed by atoms with van der Waals surface area (Å²) in [7, 11) is 0. The Morgan fingerprint density at radius 3 is 2.81 bits per heavy atom. The van der Waals surface area contributed by atoms with Crippen molar-refractivity contribution in [2.24, 2.45) is 0 Å². The number of carbonyl (C=O) groups is 1. The van der Waals surface area contributed by atoms with Crippen LogP contribution in [-0.4, -0.2) is 27.2 Å². The van der Waals surface area contributed by atoms with Gasteiger partial charge in [-0.25, -0.2) is 9.78 Å². The van der Waals surface area contributed by atoms with Crippen molar-refractivity contribution >= 4 is 11.8 Å². The second-order valence-corrected chi connectivity index (χ2v) is 4.17. The molecule has 0 amide bonds. The van der Waals surface area contributed by atoms with E-state index in [9.17, 15) is 9.59 Å². The van der Waals surface area contributed by atoms with Gasteiger partial charge in [-0.3, -0.25) is 4.79 Å². The molecule has 0 saturated heterocycles. The van der Waals surface area contributed by atoms with Gasteiger partial charge in [0.25, 0.3) is 5.56 Å². The highest BCUT2D eigenvalue weighted by atomic mass is 16.5. The zero-order valence-corrected chi connectivity index (χ0v) is 11.1. The van der Waals surface area contributed by atoms with Crippen LogP contribution in [0.4, 0.5) is 0 Å². The highest BCUT2D eigenvalue weighted by Crippen LogP contribution is 2.17. The van der Waals surface area contributed by atoms with Gasteiger partial charge >= 0.3 is 11.8 Å². The molecule has 0 atom stereocenters. The maximum atomic E-state index is 12.2. The normalized spacial score (nSPS) is 10.7. The fourth-order valence-electron chi connectivity index (χ4n) is 1.83. The fraction of sp³-hybridized carbons (Fsp3) is 0.143. The number of aromatic nitrogens is 3. The Hall–Kier alpha value is -2.96. The number of rotatable bonds is 3. The Balaban J connectivity index is 2.13. The molecule has 7 heteroatoms. The van der Waals surface area contributed by atoms with E-state index >= 15 is 0 Å². The minimum Gasteiger partial charge on any atom is -0.462 e. The number of hydrogen-bond donors (Lipinski definition) is 0. The third-order valence-electron chi connectivity index (χ3n) is 2.80. The van der Waals surface area contributed by atoms with E-state index in [0.29, 0.717) is 5.56 Å². The molecule has 2 aromatic heterocycles. The van der Waals surface area contributed by atoms with Crippen molar-refractivity contribution in [1.29, 1.82) is 0 Å². The van der Waals surface area contributed by atoms with Crippen molar-refractivity contribution in [1.82, 2.24) is 14.6 Å². The second kappa shape index (κ2) is 5.20. The van der Waals surface area contributed by atoms with Crippen LogP contribution in [0, 0.1) is 0 Å². The number of fused-ring (bicyclic) bond motifs is 1. The average Bonchev–Trinajstić information content (AvgIpc) is 2.94. The summed E-state index contributed by atoms with van der Waals surface area (Å²) >= 11 is 0. The lowest BCUT2D eigenvalue weighted by Crippen LogP contribution is -2.24. The standard InChI is InChI=1S/C14H11N3O4/c1-2-20-13(19)10-8-15-14-17(12(10)18)16-11(21-14)9-6-4-3-5-7-9/h3-8H,2H2,1H3. The molecule has 0 N–H and O–H groups in total. The van der Waals surface area contributed by atoms with Crippen LogP contribution in [0.15, 0.2) is 45.7 Å². The monoisotopic (exact) mass is 285 g/mol. The Bertz CT molecular complexity index is 852. The lowest BCUT2D eigenvalue weighted by atomic mass is 10.2. The third-order valence-corrected chi connectivity index (χ3v) is 2.80. The summed E-state index contributed by atoms with van der Waals surface area (Å²) in [6.45, 7) is 1.83. The lowest BCUT2D eigenvalue weighted by Gasteiger charge is -1.99. The van der Waals surface area contributed by atoms with Crippen molar-refractivity contribution in [3.63, 3.8) is 0 Å². The summed E-state index contributed by atoms with van der Waals surface area (Å²) in [6, 6.07) is 9.09. The summed E-state index contributed by atoms with van der Waals surface area (Å²) in [5.41, 5.74) is -0.0910. The van der Waals surface area contributed by atoms with Crippen LogP contribution in [0.2, 0.25) is 0 Å². The zero-order valence-electron chi connectivity index (χ0n) is 11.1. The van der Waals surface area contributed by atoms with Crippen LogP contribution in [0.25, 0.3) is 17.3 Å². The van der Waals surface area contributed by atoms with Crippen LogP contribution in [-0.2, 0) is 4.74 Å². The largest absolute Gasteiger partial charge is 0.462 e. The molecule has 21 heavy (non-hydrogen) atoms. The first-order valence-corrected chi connectivity index (χ1v) is 6.32. The van der Waals surface area contributed by atoms with E-state index in [2.05, 4.69) is 10.1 Å². The Morgan fingerprint density at radius 1 is 1.33 bits per heavy atom. The van der Waals surface area contributed by atoms with Gasteiger partial charge in [-0.2, -0.15) is 0 Å². The van der Waals surface area contributed by atoms with Gasteiger partial charge in [0.1, 0.15) is 5.56 Å². The van der Waals surface area contributed by atoms with Gasteiger partial charge in [0.05, 0.1) is 12.8 Å². The lowest BCUT2D eigenvalue weighted by molar-refractivity contribution is 0.0523. The topological polar surface area (TPSA) is 86.7 Å². The molecule has 3 aromatic rings. The van der Waals surface area contributed by atoms with Gasteiger partial charge in [0, 0.05) is 5.56 Å². The molecule has 0 aliphatic carbocycles. The van der Waals surface area contributed by atoms with Crippen LogP contribution in [0.3, 0.4) is 0 Å². The molecule has 106 valence electrons. The Morgan fingerprint density at radius 2 is 2.10 bits per heavy atom. The van der Waals surface area contributed by atoms with Crippen molar-refractivity contribution < 1.29 is 13.9 Å². The molecular weight excluding hydrogens is 274 g/mol. The number of carbonyl (C=O) groups excluding carboxylic acids is 1. The minimum absolute atomic E-state index is 0.0203. The van der Waals surface area contributed by atoms with Gasteiger partial charge in [-0.05, 0) is 19.1 Å². The van der Waals surface area contributed by atoms with Gasteiger partial charge < -0.3 is 9.15 Å². The summed E-state index contributed by atoms with van der Waals surface area (Å²) in [5.74, 6) is -0.457. The number of nitrogens with zero attached hydrogens (tertiary/aromatic N) is 3. The molecule has 1 aromatic carbocycles.